The Labute approximate surface area is 163 Å². The van der Waals surface area contributed by atoms with Crippen LogP contribution in [-0.2, 0) is 6.42 Å². The molecule has 0 atom stereocenters. The van der Waals surface area contributed by atoms with Gasteiger partial charge in [0, 0.05) is 17.5 Å². The Hall–Kier alpha value is -3.47. The number of anilines is 1. The molecule has 1 heterocycles. The van der Waals surface area contributed by atoms with Crippen LogP contribution in [0.2, 0.25) is 0 Å². The number of nitrogens with zero attached hydrogens (tertiary/aromatic N) is 2. The molecule has 0 spiro atoms. The molecule has 5 heteroatoms. The van der Waals surface area contributed by atoms with Gasteiger partial charge in [-0.25, -0.2) is 14.4 Å². The van der Waals surface area contributed by atoms with Crippen LogP contribution in [0.15, 0.2) is 72.8 Å². The van der Waals surface area contributed by atoms with E-state index in [4.69, 9.17) is 14.7 Å². The van der Waals surface area contributed by atoms with Crippen molar-refractivity contribution in [2.45, 2.75) is 6.42 Å². The molecular formula is C23H20FN3O. The molecule has 0 aliphatic carbocycles. The third-order valence-corrected chi connectivity index (χ3v) is 4.56. The van der Waals surface area contributed by atoms with Gasteiger partial charge in [-0.15, -0.1) is 0 Å². The molecule has 140 valence electrons. The monoisotopic (exact) mass is 373 g/mol. The van der Waals surface area contributed by atoms with Crippen molar-refractivity contribution in [3.8, 4) is 17.1 Å². The van der Waals surface area contributed by atoms with Crippen LogP contribution in [-0.4, -0.2) is 23.6 Å². The second kappa shape index (κ2) is 8.05. The lowest BCUT2D eigenvalue weighted by Gasteiger charge is -2.12. The number of nitrogens with one attached hydrogen (secondary N) is 1. The summed E-state index contributed by atoms with van der Waals surface area (Å²) in [6, 6.07) is 22.4. The van der Waals surface area contributed by atoms with Crippen molar-refractivity contribution in [2.24, 2.45) is 0 Å². The van der Waals surface area contributed by atoms with Crippen molar-refractivity contribution in [3.63, 3.8) is 0 Å². The third-order valence-electron chi connectivity index (χ3n) is 4.56. The van der Waals surface area contributed by atoms with Crippen molar-refractivity contribution in [1.82, 2.24) is 9.97 Å². The van der Waals surface area contributed by atoms with E-state index in [2.05, 4.69) is 5.32 Å². The largest absolute Gasteiger partial charge is 0.496 e. The fourth-order valence-corrected chi connectivity index (χ4v) is 3.19. The first-order valence-electron chi connectivity index (χ1n) is 9.13. The highest BCUT2D eigenvalue weighted by Crippen LogP contribution is 2.25. The lowest BCUT2D eigenvalue weighted by molar-refractivity contribution is 0.408. The number of ether oxygens (including phenoxy) is 1. The molecule has 3 aromatic carbocycles. The maximum Gasteiger partial charge on any atom is 0.162 e. The van der Waals surface area contributed by atoms with E-state index in [1.165, 1.54) is 12.1 Å². The molecule has 0 amide bonds. The van der Waals surface area contributed by atoms with Gasteiger partial charge in [0.05, 0.1) is 12.6 Å². The third kappa shape index (κ3) is 3.78. The van der Waals surface area contributed by atoms with Crippen LogP contribution in [0.3, 0.4) is 0 Å². The minimum absolute atomic E-state index is 0.269. The number of rotatable bonds is 6. The Balaban J connectivity index is 1.62. The smallest absolute Gasteiger partial charge is 0.162 e. The van der Waals surface area contributed by atoms with E-state index >= 15 is 0 Å². The number of benzene rings is 3. The van der Waals surface area contributed by atoms with Crippen LogP contribution in [0.5, 0.6) is 5.75 Å². The highest BCUT2D eigenvalue weighted by Gasteiger charge is 2.10. The fourth-order valence-electron chi connectivity index (χ4n) is 3.19. The average Bonchev–Trinajstić information content (AvgIpc) is 2.74. The van der Waals surface area contributed by atoms with E-state index < -0.39 is 0 Å². The first kappa shape index (κ1) is 17.9. The predicted octanol–water partition coefficient (Wildman–Crippen LogP) is 5.10. The van der Waals surface area contributed by atoms with Gasteiger partial charge in [-0.3, -0.25) is 0 Å². The Morgan fingerprint density at radius 2 is 1.71 bits per heavy atom. The van der Waals surface area contributed by atoms with Crippen LogP contribution in [0.1, 0.15) is 5.56 Å². The molecule has 0 fully saturated rings. The summed E-state index contributed by atoms with van der Waals surface area (Å²) in [7, 11) is 1.59. The van der Waals surface area contributed by atoms with E-state index in [9.17, 15) is 4.39 Å². The number of hydrogen-bond acceptors (Lipinski definition) is 4. The van der Waals surface area contributed by atoms with Crippen molar-refractivity contribution < 1.29 is 9.13 Å². The molecule has 4 aromatic rings. The van der Waals surface area contributed by atoms with Gasteiger partial charge < -0.3 is 10.1 Å². The van der Waals surface area contributed by atoms with Crippen LogP contribution in [0.25, 0.3) is 22.3 Å². The summed E-state index contributed by atoms with van der Waals surface area (Å²) in [6.45, 7) is 0.592. The summed E-state index contributed by atoms with van der Waals surface area (Å²) < 4.78 is 18.9. The maximum atomic E-state index is 13.6. The van der Waals surface area contributed by atoms with Gasteiger partial charge in [0.1, 0.15) is 17.4 Å². The molecule has 1 N–H and O–H groups in total. The van der Waals surface area contributed by atoms with Crippen molar-refractivity contribution in [1.29, 1.82) is 0 Å². The van der Waals surface area contributed by atoms with Gasteiger partial charge in [-0.2, -0.15) is 0 Å². The molecule has 0 unspecified atom stereocenters. The SMILES string of the molecule is COc1ccc(F)cc1CCNc1nc(-c2ccccc2)nc2ccccc12. The Morgan fingerprint density at radius 1 is 0.929 bits per heavy atom. The van der Waals surface area contributed by atoms with Gasteiger partial charge in [0.2, 0.25) is 0 Å². The van der Waals surface area contributed by atoms with Gasteiger partial charge in [0.15, 0.2) is 5.82 Å². The molecule has 0 aliphatic heterocycles. The number of halogens is 1. The zero-order valence-electron chi connectivity index (χ0n) is 15.5. The van der Waals surface area contributed by atoms with E-state index in [0.717, 1.165) is 27.8 Å². The number of methoxy groups -OCH3 is 1. The topological polar surface area (TPSA) is 47.0 Å². The molecule has 1 aromatic heterocycles. The lowest BCUT2D eigenvalue weighted by Crippen LogP contribution is -2.09. The van der Waals surface area contributed by atoms with Gasteiger partial charge in [0.25, 0.3) is 0 Å². The second-order valence-corrected chi connectivity index (χ2v) is 6.41. The first-order valence-corrected chi connectivity index (χ1v) is 9.13. The Kier molecular flexibility index (Phi) is 5.15. The number of para-hydroxylation sites is 1. The van der Waals surface area contributed by atoms with Crippen molar-refractivity contribution in [3.05, 3.63) is 84.2 Å². The average molecular weight is 373 g/mol. The van der Waals surface area contributed by atoms with Gasteiger partial charge in [-0.05, 0) is 42.3 Å². The standard InChI is InChI=1S/C23H20FN3O/c1-28-21-12-11-18(24)15-17(21)13-14-25-23-19-9-5-6-10-20(19)26-22(27-23)16-7-3-2-4-8-16/h2-12,15H,13-14H2,1H3,(H,25,26,27). The van der Waals surface area contributed by atoms with Crippen LogP contribution >= 0.6 is 0 Å². The summed E-state index contributed by atoms with van der Waals surface area (Å²) in [5.74, 6) is 1.85. The number of fused-ring (bicyclic) bond motifs is 1. The quantitative estimate of drug-likeness (QED) is 0.511. The molecule has 4 nitrogen and oxygen atoms in total. The predicted molar refractivity (Wildman–Crippen MR) is 110 cm³/mol. The zero-order chi connectivity index (χ0) is 19.3. The van der Waals surface area contributed by atoms with Gasteiger partial charge >= 0.3 is 0 Å². The van der Waals surface area contributed by atoms with E-state index in [1.807, 2.05) is 54.6 Å². The van der Waals surface area contributed by atoms with Crippen molar-refractivity contribution in [2.75, 3.05) is 19.0 Å². The van der Waals surface area contributed by atoms with Crippen LogP contribution in [0, 0.1) is 5.82 Å². The highest BCUT2D eigenvalue weighted by molar-refractivity contribution is 5.90. The second-order valence-electron chi connectivity index (χ2n) is 6.41. The van der Waals surface area contributed by atoms with Crippen LogP contribution in [0.4, 0.5) is 10.2 Å². The fraction of sp³-hybridized carbons (Fsp3) is 0.130. The molecule has 0 saturated heterocycles. The minimum atomic E-state index is -0.269. The Morgan fingerprint density at radius 3 is 2.54 bits per heavy atom. The minimum Gasteiger partial charge on any atom is -0.496 e. The summed E-state index contributed by atoms with van der Waals surface area (Å²) in [5.41, 5.74) is 2.65. The van der Waals surface area contributed by atoms with Crippen molar-refractivity contribution >= 4 is 16.7 Å². The molecule has 0 radical (unpaired) electrons. The lowest BCUT2D eigenvalue weighted by atomic mass is 10.1. The molecular weight excluding hydrogens is 353 g/mol. The summed E-state index contributed by atoms with van der Waals surface area (Å²) >= 11 is 0. The molecule has 28 heavy (non-hydrogen) atoms. The molecule has 0 saturated carbocycles. The first-order chi connectivity index (χ1) is 13.7. The summed E-state index contributed by atoms with van der Waals surface area (Å²) in [4.78, 5) is 9.43. The maximum absolute atomic E-state index is 13.6. The van der Waals surface area contributed by atoms with E-state index in [1.54, 1.807) is 13.2 Å². The Bertz CT molecular complexity index is 1100. The molecule has 0 bridgehead atoms. The molecule has 0 aliphatic rings. The summed E-state index contributed by atoms with van der Waals surface area (Å²) in [5, 5.41) is 4.34. The van der Waals surface area contributed by atoms with E-state index in [-0.39, 0.29) is 5.82 Å². The number of aromatic nitrogens is 2. The van der Waals surface area contributed by atoms with Gasteiger partial charge in [-0.1, -0.05) is 42.5 Å². The van der Waals surface area contributed by atoms with Crippen LogP contribution < -0.4 is 10.1 Å². The summed E-state index contributed by atoms with van der Waals surface area (Å²) in [6.07, 6.45) is 0.611. The highest BCUT2D eigenvalue weighted by atomic mass is 19.1. The molecule has 4 rings (SSSR count). The normalized spacial score (nSPS) is 10.8. The van der Waals surface area contributed by atoms with E-state index in [0.29, 0.717) is 24.5 Å². The zero-order valence-corrected chi connectivity index (χ0v) is 15.5. The number of hydrogen-bond donors (Lipinski definition) is 1.